The molecule has 1 saturated heterocycles. The molecule has 1 amide bonds. The summed E-state index contributed by atoms with van der Waals surface area (Å²) in [5.74, 6) is 0.893. The lowest BCUT2D eigenvalue weighted by Crippen LogP contribution is -2.40. The van der Waals surface area contributed by atoms with Gasteiger partial charge in [0, 0.05) is 12.1 Å². The molecule has 0 spiro atoms. The molecule has 1 fully saturated rings. The second kappa shape index (κ2) is 11.0. The van der Waals surface area contributed by atoms with Crippen molar-refractivity contribution in [2.45, 2.75) is 38.6 Å². The standard InChI is InChI=1S/C29H31N3O2S/c1-21-12-14-22(15-13-21)28-24(31-29(35-28)23-9-4-2-5-10-23)19-27(33)30-20-25(26-11-8-18-34-26)32-16-6-3-7-17-32/h2,4-5,8-15,18,25H,3,6-7,16-17,19-20H2,1H3,(H,30,33). The van der Waals surface area contributed by atoms with Crippen LogP contribution in [0.2, 0.25) is 0 Å². The van der Waals surface area contributed by atoms with Crippen LogP contribution in [-0.2, 0) is 11.2 Å². The lowest BCUT2D eigenvalue weighted by atomic mass is 10.1. The highest BCUT2D eigenvalue weighted by Gasteiger charge is 2.25. The smallest absolute Gasteiger partial charge is 0.226 e. The van der Waals surface area contributed by atoms with E-state index in [1.165, 1.54) is 24.8 Å². The summed E-state index contributed by atoms with van der Waals surface area (Å²) in [6, 6.07) is 22.6. The van der Waals surface area contributed by atoms with Gasteiger partial charge < -0.3 is 9.73 Å². The number of carbonyl (C=O) groups excluding carboxylic acids is 1. The van der Waals surface area contributed by atoms with Crippen LogP contribution in [0, 0.1) is 6.92 Å². The van der Waals surface area contributed by atoms with Gasteiger partial charge in [-0.3, -0.25) is 9.69 Å². The first-order valence-electron chi connectivity index (χ1n) is 12.3. The van der Waals surface area contributed by atoms with Crippen LogP contribution in [0.15, 0.2) is 77.4 Å². The molecule has 1 unspecified atom stereocenters. The average molecular weight is 486 g/mol. The molecule has 4 aromatic rings. The Morgan fingerprint density at radius 1 is 1.00 bits per heavy atom. The minimum Gasteiger partial charge on any atom is -0.468 e. The number of hydrogen-bond donors (Lipinski definition) is 1. The van der Waals surface area contributed by atoms with E-state index in [0.717, 1.165) is 45.6 Å². The van der Waals surface area contributed by atoms with Crippen molar-refractivity contribution in [1.82, 2.24) is 15.2 Å². The Hall–Kier alpha value is -3.22. The topological polar surface area (TPSA) is 58.4 Å². The molecule has 0 radical (unpaired) electrons. The molecule has 1 atom stereocenters. The maximum Gasteiger partial charge on any atom is 0.226 e. The summed E-state index contributed by atoms with van der Waals surface area (Å²) in [4.78, 5) is 21.6. The van der Waals surface area contributed by atoms with Gasteiger partial charge in [0.25, 0.3) is 0 Å². The summed E-state index contributed by atoms with van der Waals surface area (Å²) in [5, 5.41) is 4.11. The van der Waals surface area contributed by atoms with Crippen LogP contribution >= 0.6 is 11.3 Å². The van der Waals surface area contributed by atoms with Gasteiger partial charge in [0.2, 0.25) is 5.91 Å². The Kier molecular flexibility index (Phi) is 7.40. The number of aromatic nitrogens is 1. The van der Waals surface area contributed by atoms with Crippen molar-refractivity contribution >= 4 is 17.2 Å². The van der Waals surface area contributed by atoms with Crippen LogP contribution in [0.5, 0.6) is 0 Å². The summed E-state index contributed by atoms with van der Waals surface area (Å²) in [6.45, 7) is 4.68. The van der Waals surface area contributed by atoms with Crippen molar-refractivity contribution in [1.29, 1.82) is 0 Å². The third-order valence-corrected chi connectivity index (χ3v) is 7.75. The van der Waals surface area contributed by atoms with Crippen LogP contribution in [0.1, 0.15) is 42.3 Å². The predicted octanol–water partition coefficient (Wildman–Crippen LogP) is 6.26. The molecule has 1 N–H and O–H groups in total. The molecule has 1 aliphatic rings. The third kappa shape index (κ3) is 5.72. The molecule has 5 rings (SSSR count). The number of benzene rings is 2. The van der Waals surface area contributed by atoms with Crippen LogP contribution in [0.4, 0.5) is 0 Å². The number of rotatable bonds is 8. The second-order valence-corrected chi connectivity index (χ2v) is 10.1. The molecule has 1 aliphatic heterocycles. The average Bonchev–Trinajstić information content (AvgIpc) is 3.57. The highest BCUT2D eigenvalue weighted by atomic mass is 32.1. The van der Waals surface area contributed by atoms with E-state index in [2.05, 4.69) is 53.5 Å². The Morgan fingerprint density at radius 3 is 2.49 bits per heavy atom. The zero-order valence-corrected chi connectivity index (χ0v) is 20.9. The van der Waals surface area contributed by atoms with Crippen molar-refractivity contribution in [2.75, 3.05) is 19.6 Å². The number of furan rings is 1. The fourth-order valence-corrected chi connectivity index (χ4v) is 5.74. The minimum absolute atomic E-state index is 0.0168. The molecule has 0 saturated carbocycles. The lowest BCUT2D eigenvalue weighted by molar-refractivity contribution is -0.120. The monoisotopic (exact) mass is 485 g/mol. The van der Waals surface area contributed by atoms with Crippen LogP contribution < -0.4 is 5.32 Å². The number of thiazole rings is 1. The van der Waals surface area contributed by atoms with Crippen LogP contribution in [0.3, 0.4) is 0 Å². The van der Waals surface area contributed by atoms with Gasteiger partial charge in [0.05, 0.1) is 29.3 Å². The predicted molar refractivity (Wildman–Crippen MR) is 141 cm³/mol. The van der Waals surface area contributed by atoms with Gasteiger partial charge in [-0.1, -0.05) is 66.6 Å². The van der Waals surface area contributed by atoms with Gasteiger partial charge in [-0.15, -0.1) is 11.3 Å². The molecule has 6 heteroatoms. The molecule has 0 aliphatic carbocycles. The number of amides is 1. The van der Waals surface area contributed by atoms with Gasteiger partial charge >= 0.3 is 0 Å². The highest BCUT2D eigenvalue weighted by molar-refractivity contribution is 7.18. The summed E-state index contributed by atoms with van der Waals surface area (Å²) in [7, 11) is 0. The van der Waals surface area contributed by atoms with E-state index in [0.29, 0.717) is 6.54 Å². The maximum absolute atomic E-state index is 13.2. The number of piperidine rings is 1. The highest BCUT2D eigenvalue weighted by Crippen LogP contribution is 2.36. The number of likely N-dealkylation sites (tertiary alicyclic amines) is 1. The SMILES string of the molecule is Cc1ccc(-c2sc(-c3ccccc3)nc2CC(=O)NCC(c2ccco2)N2CCCCC2)cc1. The fourth-order valence-electron chi connectivity index (χ4n) is 4.65. The number of nitrogens with zero attached hydrogens (tertiary/aromatic N) is 2. The van der Waals surface area contributed by atoms with Crippen molar-refractivity contribution in [2.24, 2.45) is 0 Å². The first-order valence-corrected chi connectivity index (χ1v) is 13.2. The van der Waals surface area contributed by atoms with Crippen molar-refractivity contribution in [3.8, 4) is 21.0 Å². The molecule has 35 heavy (non-hydrogen) atoms. The number of carbonyl (C=O) groups is 1. The zero-order chi connectivity index (χ0) is 24.0. The first-order chi connectivity index (χ1) is 17.2. The van der Waals surface area contributed by atoms with Crippen molar-refractivity contribution < 1.29 is 9.21 Å². The van der Waals surface area contributed by atoms with E-state index in [9.17, 15) is 4.79 Å². The normalized spacial score (nSPS) is 15.1. The van der Waals surface area contributed by atoms with Gasteiger partial charge in [-0.25, -0.2) is 4.98 Å². The lowest BCUT2D eigenvalue weighted by Gasteiger charge is -2.33. The van der Waals surface area contributed by atoms with Gasteiger partial charge in [-0.2, -0.15) is 0 Å². The summed E-state index contributed by atoms with van der Waals surface area (Å²) in [6.07, 6.45) is 5.60. The molecular weight excluding hydrogens is 454 g/mol. The number of aryl methyl sites for hydroxylation is 1. The molecule has 180 valence electrons. The van der Waals surface area contributed by atoms with Crippen LogP contribution in [-0.4, -0.2) is 35.4 Å². The van der Waals surface area contributed by atoms with Crippen molar-refractivity contribution in [3.05, 3.63) is 90.0 Å². The van der Waals surface area contributed by atoms with E-state index in [-0.39, 0.29) is 18.4 Å². The van der Waals surface area contributed by atoms with E-state index < -0.39 is 0 Å². The fraction of sp³-hybridized carbons (Fsp3) is 0.310. The van der Waals surface area contributed by atoms with E-state index in [1.807, 2.05) is 30.3 Å². The second-order valence-electron chi connectivity index (χ2n) is 9.14. The zero-order valence-electron chi connectivity index (χ0n) is 20.1. The Balaban J connectivity index is 1.35. The molecule has 3 heterocycles. The molecule has 2 aromatic heterocycles. The molecule has 2 aromatic carbocycles. The number of hydrogen-bond acceptors (Lipinski definition) is 5. The number of nitrogens with one attached hydrogen (secondary N) is 1. The summed E-state index contributed by atoms with van der Waals surface area (Å²) >= 11 is 1.64. The molecule has 0 bridgehead atoms. The maximum atomic E-state index is 13.2. The van der Waals surface area contributed by atoms with Crippen LogP contribution in [0.25, 0.3) is 21.0 Å². The van der Waals surface area contributed by atoms with Gasteiger partial charge in [0.15, 0.2) is 0 Å². The van der Waals surface area contributed by atoms with E-state index in [1.54, 1.807) is 17.6 Å². The third-order valence-electron chi connectivity index (χ3n) is 6.56. The van der Waals surface area contributed by atoms with Crippen molar-refractivity contribution in [3.63, 3.8) is 0 Å². The summed E-state index contributed by atoms with van der Waals surface area (Å²) < 4.78 is 5.73. The largest absolute Gasteiger partial charge is 0.468 e. The Labute approximate surface area is 210 Å². The van der Waals surface area contributed by atoms with E-state index in [4.69, 9.17) is 9.40 Å². The molecule has 5 nitrogen and oxygen atoms in total. The quantitative estimate of drug-likeness (QED) is 0.320. The molecular formula is C29H31N3O2S. The summed E-state index contributed by atoms with van der Waals surface area (Å²) in [5.41, 5.74) is 4.20. The Bertz CT molecular complexity index is 1230. The first kappa shape index (κ1) is 23.5. The van der Waals surface area contributed by atoms with E-state index >= 15 is 0 Å². The van der Waals surface area contributed by atoms with Gasteiger partial charge in [-0.05, 0) is 50.6 Å². The Morgan fingerprint density at radius 2 is 1.77 bits per heavy atom. The minimum atomic E-state index is -0.0168. The van der Waals surface area contributed by atoms with Gasteiger partial charge in [0.1, 0.15) is 10.8 Å².